The maximum Gasteiger partial charge on any atom is 0.129 e. The highest BCUT2D eigenvalue weighted by molar-refractivity contribution is 5.43. The van der Waals surface area contributed by atoms with Gasteiger partial charge in [0.05, 0.1) is 0 Å². The van der Waals surface area contributed by atoms with Crippen molar-refractivity contribution in [2.24, 2.45) is 5.92 Å². The molecule has 3 saturated heterocycles. The van der Waals surface area contributed by atoms with Crippen LogP contribution in [-0.4, -0.2) is 54.8 Å². The van der Waals surface area contributed by atoms with Crippen molar-refractivity contribution >= 4 is 5.82 Å². The zero-order chi connectivity index (χ0) is 14.9. The highest BCUT2D eigenvalue weighted by atomic mass is 16.5. The SMILES string of the molecule is Cc1cccc(N2CC[C@H]3[C@H]2CCN3CC2CCOCC2)n1. The zero-order valence-corrected chi connectivity index (χ0v) is 13.6. The van der Waals surface area contributed by atoms with E-state index in [0.29, 0.717) is 6.04 Å². The van der Waals surface area contributed by atoms with Gasteiger partial charge in [-0.05, 0) is 50.7 Å². The van der Waals surface area contributed by atoms with E-state index < -0.39 is 0 Å². The third-order valence-corrected chi connectivity index (χ3v) is 5.69. The molecule has 4 nitrogen and oxygen atoms in total. The highest BCUT2D eigenvalue weighted by Gasteiger charge is 2.43. The minimum absolute atomic E-state index is 0.675. The van der Waals surface area contributed by atoms with Gasteiger partial charge < -0.3 is 9.64 Å². The van der Waals surface area contributed by atoms with Crippen LogP contribution >= 0.6 is 0 Å². The molecule has 3 aliphatic heterocycles. The second-order valence-electron chi connectivity index (χ2n) is 7.09. The van der Waals surface area contributed by atoms with Gasteiger partial charge in [-0.25, -0.2) is 4.98 Å². The molecule has 4 heteroatoms. The minimum Gasteiger partial charge on any atom is -0.381 e. The van der Waals surface area contributed by atoms with E-state index in [1.54, 1.807) is 0 Å². The molecular weight excluding hydrogens is 274 g/mol. The summed E-state index contributed by atoms with van der Waals surface area (Å²) in [6.07, 6.45) is 5.08. The average Bonchev–Trinajstić information content (AvgIpc) is 3.11. The number of hydrogen-bond acceptors (Lipinski definition) is 4. The molecule has 0 amide bonds. The molecule has 3 fully saturated rings. The molecule has 3 aliphatic rings. The number of pyridine rings is 1. The molecule has 1 aromatic heterocycles. The first-order valence-corrected chi connectivity index (χ1v) is 8.83. The lowest BCUT2D eigenvalue weighted by Gasteiger charge is -2.30. The van der Waals surface area contributed by atoms with Crippen molar-refractivity contribution in [3.05, 3.63) is 23.9 Å². The molecule has 120 valence electrons. The van der Waals surface area contributed by atoms with Crippen molar-refractivity contribution in [2.45, 2.75) is 44.7 Å². The van der Waals surface area contributed by atoms with Crippen molar-refractivity contribution in [1.82, 2.24) is 9.88 Å². The molecule has 2 atom stereocenters. The van der Waals surface area contributed by atoms with Crippen LogP contribution in [0.4, 0.5) is 5.82 Å². The predicted molar refractivity (Wildman–Crippen MR) is 88.2 cm³/mol. The van der Waals surface area contributed by atoms with Gasteiger partial charge in [0.15, 0.2) is 0 Å². The predicted octanol–water partition coefficient (Wildman–Crippen LogP) is 2.47. The fourth-order valence-corrected chi connectivity index (χ4v) is 4.54. The maximum atomic E-state index is 5.50. The Hall–Kier alpha value is -1.13. The van der Waals surface area contributed by atoms with E-state index in [4.69, 9.17) is 9.72 Å². The van der Waals surface area contributed by atoms with Gasteiger partial charge in [0.25, 0.3) is 0 Å². The van der Waals surface area contributed by atoms with Gasteiger partial charge in [-0.2, -0.15) is 0 Å². The molecule has 0 N–H and O–H groups in total. The van der Waals surface area contributed by atoms with Gasteiger partial charge in [-0.3, -0.25) is 4.90 Å². The Morgan fingerprint density at radius 3 is 2.73 bits per heavy atom. The summed E-state index contributed by atoms with van der Waals surface area (Å²) in [5.41, 5.74) is 1.12. The number of rotatable bonds is 3. The molecule has 0 bridgehead atoms. The number of aromatic nitrogens is 1. The summed E-state index contributed by atoms with van der Waals surface area (Å²) in [5.74, 6) is 2.03. The van der Waals surface area contributed by atoms with Crippen molar-refractivity contribution in [3.8, 4) is 0 Å². The number of aryl methyl sites for hydroxylation is 1. The van der Waals surface area contributed by atoms with Crippen LogP contribution in [0, 0.1) is 12.8 Å². The molecule has 4 heterocycles. The second kappa shape index (κ2) is 6.17. The fourth-order valence-electron chi connectivity index (χ4n) is 4.54. The summed E-state index contributed by atoms with van der Waals surface area (Å²) < 4.78 is 5.50. The third-order valence-electron chi connectivity index (χ3n) is 5.69. The Morgan fingerprint density at radius 1 is 1.09 bits per heavy atom. The largest absolute Gasteiger partial charge is 0.381 e. The number of anilines is 1. The smallest absolute Gasteiger partial charge is 0.129 e. The van der Waals surface area contributed by atoms with Crippen LogP contribution in [0.5, 0.6) is 0 Å². The number of ether oxygens (including phenoxy) is 1. The molecule has 0 radical (unpaired) electrons. The van der Waals surface area contributed by atoms with Gasteiger partial charge in [0.1, 0.15) is 5.82 Å². The molecule has 0 aliphatic carbocycles. The molecular formula is C18H27N3O. The third kappa shape index (κ3) is 2.74. The fraction of sp³-hybridized carbons (Fsp3) is 0.722. The van der Waals surface area contributed by atoms with Crippen LogP contribution < -0.4 is 4.90 Å². The second-order valence-corrected chi connectivity index (χ2v) is 7.09. The molecule has 4 rings (SSSR count). The summed E-state index contributed by atoms with van der Waals surface area (Å²) in [4.78, 5) is 10.1. The zero-order valence-electron chi connectivity index (χ0n) is 13.6. The number of fused-ring (bicyclic) bond motifs is 1. The van der Waals surface area contributed by atoms with Crippen LogP contribution in [0.15, 0.2) is 18.2 Å². The molecule has 0 unspecified atom stereocenters. The van der Waals surface area contributed by atoms with Gasteiger partial charge in [-0.1, -0.05) is 6.07 Å². The Labute approximate surface area is 133 Å². The van der Waals surface area contributed by atoms with Crippen LogP contribution in [0.2, 0.25) is 0 Å². The van der Waals surface area contributed by atoms with E-state index in [9.17, 15) is 0 Å². The lowest BCUT2D eigenvalue weighted by atomic mass is 9.99. The topological polar surface area (TPSA) is 28.6 Å². The highest BCUT2D eigenvalue weighted by Crippen LogP contribution is 2.35. The molecule has 1 aromatic rings. The van der Waals surface area contributed by atoms with Crippen molar-refractivity contribution in [1.29, 1.82) is 0 Å². The first kappa shape index (κ1) is 14.5. The first-order chi connectivity index (χ1) is 10.8. The quantitative estimate of drug-likeness (QED) is 0.857. The summed E-state index contributed by atoms with van der Waals surface area (Å²) in [6, 6.07) is 7.82. The van der Waals surface area contributed by atoms with Crippen LogP contribution in [0.1, 0.15) is 31.4 Å². The lowest BCUT2D eigenvalue weighted by Crippen LogP contribution is -2.39. The van der Waals surface area contributed by atoms with Gasteiger partial charge in [0.2, 0.25) is 0 Å². The number of nitrogens with zero attached hydrogens (tertiary/aromatic N) is 3. The monoisotopic (exact) mass is 301 g/mol. The van der Waals surface area contributed by atoms with E-state index in [-0.39, 0.29) is 0 Å². The Kier molecular flexibility index (Phi) is 4.05. The molecule has 0 saturated carbocycles. The average molecular weight is 301 g/mol. The molecule has 0 aromatic carbocycles. The number of hydrogen-bond donors (Lipinski definition) is 0. The van der Waals surface area contributed by atoms with Gasteiger partial charge in [-0.15, -0.1) is 0 Å². The van der Waals surface area contributed by atoms with Crippen molar-refractivity contribution in [2.75, 3.05) is 37.7 Å². The Morgan fingerprint density at radius 2 is 1.91 bits per heavy atom. The van der Waals surface area contributed by atoms with E-state index in [1.165, 1.54) is 44.6 Å². The maximum absolute atomic E-state index is 5.50. The van der Waals surface area contributed by atoms with Crippen molar-refractivity contribution < 1.29 is 4.74 Å². The summed E-state index contributed by atoms with van der Waals surface area (Å²) >= 11 is 0. The van der Waals surface area contributed by atoms with E-state index in [2.05, 4.69) is 34.9 Å². The Bertz CT molecular complexity index is 515. The Balaban J connectivity index is 1.42. The standard InChI is InChI=1S/C18H27N3O/c1-14-3-2-4-18(19-14)21-10-6-16-17(21)5-9-20(16)13-15-7-11-22-12-8-15/h2-4,15-17H,5-13H2,1H3/t16-,17+/m0/s1. The number of likely N-dealkylation sites (tertiary alicyclic amines) is 1. The summed E-state index contributed by atoms with van der Waals surface area (Å²) in [5, 5.41) is 0. The first-order valence-electron chi connectivity index (χ1n) is 8.83. The van der Waals surface area contributed by atoms with E-state index in [1.807, 2.05) is 0 Å². The van der Waals surface area contributed by atoms with Gasteiger partial charge in [0, 0.05) is 50.6 Å². The van der Waals surface area contributed by atoms with E-state index in [0.717, 1.165) is 37.4 Å². The van der Waals surface area contributed by atoms with Crippen LogP contribution in [-0.2, 0) is 4.74 Å². The van der Waals surface area contributed by atoms with Crippen LogP contribution in [0.25, 0.3) is 0 Å². The summed E-state index contributed by atoms with van der Waals surface area (Å²) in [7, 11) is 0. The van der Waals surface area contributed by atoms with Crippen molar-refractivity contribution in [3.63, 3.8) is 0 Å². The summed E-state index contributed by atoms with van der Waals surface area (Å²) in [6.45, 7) is 7.71. The normalized spacial score (nSPS) is 30.0. The molecule has 0 spiro atoms. The molecule has 22 heavy (non-hydrogen) atoms. The minimum atomic E-state index is 0.675. The van der Waals surface area contributed by atoms with Gasteiger partial charge >= 0.3 is 0 Å². The lowest BCUT2D eigenvalue weighted by molar-refractivity contribution is 0.0508. The van der Waals surface area contributed by atoms with Crippen LogP contribution in [0.3, 0.4) is 0 Å². The van der Waals surface area contributed by atoms with E-state index >= 15 is 0 Å².